The quantitative estimate of drug-likeness (QED) is 0.0305. The van der Waals surface area contributed by atoms with Crippen LogP contribution < -0.4 is 59.7 Å². The van der Waals surface area contributed by atoms with Gasteiger partial charge in [-0.15, -0.1) is 0 Å². The Labute approximate surface area is 754 Å². The minimum Gasteiger partial charge on any atom is -0.496 e. The van der Waals surface area contributed by atoms with Crippen molar-refractivity contribution in [2.45, 2.75) is 53.8 Å². The lowest BCUT2D eigenvalue weighted by atomic mass is 10.0. The van der Waals surface area contributed by atoms with E-state index in [9.17, 15) is 28.4 Å². The summed E-state index contributed by atoms with van der Waals surface area (Å²) in [4.78, 5) is 82.6. The standard InChI is InChI=1S/C21H20N2O3.C21H20N2O2.C20H17ClN2O3.C19H14Cl2N2O2.C19H14ClFN2O2/c1-2-25-19-11-5-3-8-16(19)15-26-20-12-6-4-10-18(20)21(24)23-17-9-7-13-22-14-17;1-15-7-5-8-16(2)19(15)14-25-20-11-4-3-10-18(20)21(24)23-17-9-6-12-22-13-17;1-25-18-9-8-15(21)11-14(18)13-26-19-7-3-2-6-17(19)20(24)23-16-5-4-10-22-12-16;20-14-7-8-17(21)13(10-14)12-25-18-6-2-1-5-16(18)19(24)23-15-4-3-9-22-11-15;20-16-7-3-8-17(21)15(16)12-25-18-9-2-1-6-14(18)19(24)23-13-5-4-10-22-11-13/h3-14H,2,15H2,1H3,(H,23,24);3-13H,14H2,1-2H3,(H,23,24);2-12H,13H2,1H3,(H,23,24);2*1-11H,12H2,(H,23,24). The third-order valence-corrected chi connectivity index (χ3v) is 19.6. The molecule has 0 radical (unpaired) electrons. The SMILES string of the molecule is CCOc1ccccc1COc1ccccc1C(=O)Nc1cccnc1.COc1ccc(Cl)cc1COc1ccccc1C(=O)Nc1cccnc1.Cc1cccc(C)c1COc1ccccc1C(=O)Nc1cccnc1.O=C(Nc1cccnc1)c1ccccc1OCc1c(F)cccc1Cl.O=C(Nc1cccnc1)c1ccccc1OCc1cc(Cl)ccc1Cl. The Morgan fingerprint density at radius 1 is 0.299 bits per heavy atom. The Kier molecular flexibility index (Phi) is 35.6. The van der Waals surface area contributed by atoms with Gasteiger partial charge in [0.2, 0.25) is 0 Å². The molecule has 15 rings (SSSR count). The van der Waals surface area contributed by atoms with Crippen LogP contribution >= 0.6 is 46.4 Å². The van der Waals surface area contributed by atoms with Gasteiger partial charge in [-0.05, 0) is 213 Å². The molecule has 127 heavy (non-hydrogen) atoms. The Bertz CT molecular complexity index is 5960. The average molecular weight is 1780 g/mol. The van der Waals surface area contributed by atoms with Crippen LogP contribution in [0.5, 0.6) is 40.2 Å². The first-order valence-corrected chi connectivity index (χ1v) is 41.0. The molecule has 0 aliphatic carbocycles. The van der Waals surface area contributed by atoms with Crippen LogP contribution in [0, 0.1) is 19.7 Å². The average Bonchev–Trinajstić information content (AvgIpc) is 0.737. The summed E-state index contributed by atoms with van der Waals surface area (Å²) < 4.78 is 54.0. The first kappa shape index (κ1) is 92.7. The highest BCUT2D eigenvalue weighted by atomic mass is 35.5. The highest BCUT2D eigenvalue weighted by Crippen LogP contribution is 2.32. The number of hydrogen-bond acceptors (Lipinski definition) is 17. The van der Waals surface area contributed by atoms with Crippen LogP contribution in [0.2, 0.25) is 20.1 Å². The predicted molar refractivity (Wildman–Crippen MR) is 494 cm³/mol. The minimum absolute atomic E-state index is 0.0807. The number of methoxy groups -OCH3 is 1. The number of anilines is 5. The maximum atomic E-state index is 13.8. The van der Waals surface area contributed by atoms with Crippen molar-refractivity contribution in [1.29, 1.82) is 0 Å². The molecule has 5 N–H and O–H groups in total. The lowest BCUT2D eigenvalue weighted by Gasteiger charge is -2.14. The molecule has 0 fully saturated rings. The van der Waals surface area contributed by atoms with Crippen molar-refractivity contribution in [2.75, 3.05) is 40.3 Å². The summed E-state index contributed by atoms with van der Waals surface area (Å²) in [6.07, 6.45) is 16.1. The number of nitrogens with one attached hydrogen (secondary N) is 5. The fraction of sp³-hybridized carbons (Fsp3) is 0.100. The van der Waals surface area contributed by atoms with Crippen LogP contribution in [-0.2, 0) is 33.0 Å². The summed E-state index contributed by atoms with van der Waals surface area (Å²) in [6, 6.07) is 81.5. The van der Waals surface area contributed by atoms with Crippen molar-refractivity contribution < 1.29 is 61.5 Å². The van der Waals surface area contributed by atoms with Gasteiger partial charge in [0.05, 0.1) is 106 Å². The molecule has 10 aromatic carbocycles. The number of aryl methyl sites for hydroxylation is 2. The Hall–Kier alpha value is -15.0. The van der Waals surface area contributed by atoms with Gasteiger partial charge in [-0.3, -0.25) is 48.9 Å². The first-order valence-electron chi connectivity index (χ1n) is 39.5. The Morgan fingerprint density at radius 2 is 0.614 bits per heavy atom. The number of carbonyl (C=O) groups is 5. The van der Waals surface area contributed by atoms with Gasteiger partial charge in [0.25, 0.3) is 29.5 Å². The molecule has 0 aliphatic heterocycles. The topological polar surface area (TPSA) is 275 Å². The third-order valence-electron chi connectivity index (χ3n) is 18.4. The smallest absolute Gasteiger partial charge is 0.259 e. The Morgan fingerprint density at radius 3 is 0.969 bits per heavy atom. The van der Waals surface area contributed by atoms with Crippen LogP contribution in [0.25, 0.3) is 0 Å². The van der Waals surface area contributed by atoms with Crippen molar-refractivity contribution in [3.63, 3.8) is 0 Å². The van der Waals surface area contributed by atoms with Crippen LogP contribution in [0.4, 0.5) is 32.8 Å². The zero-order valence-electron chi connectivity index (χ0n) is 69.1. The molecule has 0 atom stereocenters. The van der Waals surface area contributed by atoms with E-state index in [1.165, 1.54) is 23.3 Å². The summed E-state index contributed by atoms with van der Waals surface area (Å²) in [6.45, 7) is 7.74. The molecule has 22 nitrogen and oxygen atoms in total. The molecule has 0 unspecified atom stereocenters. The third kappa shape index (κ3) is 28.5. The lowest BCUT2D eigenvalue weighted by molar-refractivity contribution is 0.101. The molecule has 642 valence electrons. The van der Waals surface area contributed by atoms with E-state index in [0.29, 0.717) is 126 Å². The highest BCUT2D eigenvalue weighted by Gasteiger charge is 2.21. The number of rotatable bonds is 28. The summed E-state index contributed by atoms with van der Waals surface area (Å²) in [7, 11) is 1.59. The highest BCUT2D eigenvalue weighted by molar-refractivity contribution is 6.33. The number of amides is 5. The molecule has 15 aromatic rings. The van der Waals surface area contributed by atoms with E-state index in [-0.39, 0.29) is 59.9 Å². The zero-order valence-corrected chi connectivity index (χ0v) is 72.1. The van der Waals surface area contributed by atoms with Crippen LogP contribution in [0.15, 0.2) is 341 Å². The number of hydrogen-bond donors (Lipinski definition) is 5. The van der Waals surface area contributed by atoms with Gasteiger partial charge in [-0.2, -0.15) is 0 Å². The molecular formula is C100H85Cl4FN10O12. The number of nitrogens with zero attached hydrogens (tertiary/aromatic N) is 5. The first-order chi connectivity index (χ1) is 61.9. The second kappa shape index (κ2) is 48.7. The van der Waals surface area contributed by atoms with Crippen molar-refractivity contribution in [1.82, 2.24) is 24.9 Å². The molecule has 0 aliphatic rings. The van der Waals surface area contributed by atoms with Crippen LogP contribution in [0.1, 0.15) is 97.7 Å². The van der Waals surface area contributed by atoms with E-state index in [4.69, 9.17) is 79.6 Å². The van der Waals surface area contributed by atoms with Gasteiger partial charge < -0.3 is 59.7 Å². The molecule has 0 spiro atoms. The second-order valence-corrected chi connectivity index (χ2v) is 28.9. The zero-order chi connectivity index (χ0) is 89.5. The van der Waals surface area contributed by atoms with Crippen molar-refractivity contribution in [2.24, 2.45) is 0 Å². The molecule has 0 saturated carbocycles. The van der Waals surface area contributed by atoms with E-state index < -0.39 is 5.82 Å². The van der Waals surface area contributed by atoms with E-state index >= 15 is 0 Å². The van der Waals surface area contributed by atoms with E-state index in [1.54, 1.807) is 263 Å². The van der Waals surface area contributed by atoms with Gasteiger partial charge in [0.1, 0.15) is 79.1 Å². The van der Waals surface area contributed by atoms with Gasteiger partial charge in [-0.25, -0.2) is 4.39 Å². The summed E-state index contributed by atoms with van der Waals surface area (Å²) in [5.41, 5.74) is 11.4. The molecule has 5 amide bonds. The summed E-state index contributed by atoms with van der Waals surface area (Å²) in [5.74, 6) is 1.99. The number of carbonyl (C=O) groups excluding carboxylic acids is 5. The van der Waals surface area contributed by atoms with Crippen LogP contribution in [-0.4, -0.2) is 68.2 Å². The van der Waals surface area contributed by atoms with E-state index in [1.807, 2.05) is 67.6 Å². The van der Waals surface area contributed by atoms with Gasteiger partial charge in [0.15, 0.2) is 0 Å². The van der Waals surface area contributed by atoms with Crippen LogP contribution in [0.3, 0.4) is 0 Å². The summed E-state index contributed by atoms with van der Waals surface area (Å²) in [5, 5.41) is 16.0. The second-order valence-electron chi connectivity index (χ2n) is 27.2. The number of halogens is 5. The fourth-order valence-electron chi connectivity index (χ4n) is 12.0. The number of ether oxygens (including phenoxy) is 7. The molecule has 27 heteroatoms. The monoisotopic (exact) mass is 1780 g/mol. The molecule has 0 bridgehead atoms. The largest absolute Gasteiger partial charge is 0.496 e. The molecular weight excluding hydrogens is 1690 g/mol. The van der Waals surface area contributed by atoms with Crippen molar-refractivity contribution in [3.05, 3.63) is 434 Å². The fourth-order valence-corrected chi connectivity index (χ4v) is 12.8. The Balaban J connectivity index is 0.000000154. The predicted octanol–water partition coefficient (Wildman–Crippen LogP) is 23.3. The van der Waals surface area contributed by atoms with Crippen molar-refractivity contribution in [3.8, 4) is 40.2 Å². The molecule has 5 heterocycles. The number of aromatic nitrogens is 5. The summed E-state index contributed by atoms with van der Waals surface area (Å²) >= 11 is 24.2. The number of pyridine rings is 5. The van der Waals surface area contributed by atoms with Gasteiger partial charge >= 0.3 is 0 Å². The maximum Gasteiger partial charge on any atom is 0.259 e. The number of benzene rings is 10. The van der Waals surface area contributed by atoms with E-state index in [2.05, 4.69) is 77.5 Å². The number of para-hydroxylation sites is 6. The van der Waals surface area contributed by atoms with Crippen molar-refractivity contribution >= 4 is 104 Å². The molecule has 5 aromatic heterocycles. The van der Waals surface area contributed by atoms with Gasteiger partial charge in [0, 0.05) is 68.3 Å². The molecule has 0 saturated heterocycles. The normalized spacial score (nSPS) is 10.3. The minimum atomic E-state index is -0.454. The van der Waals surface area contributed by atoms with Gasteiger partial charge in [-0.1, -0.05) is 150 Å². The lowest BCUT2D eigenvalue weighted by Crippen LogP contribution is -2.14. The maximum absolute atomic E-state index is 13.8. The van der Waals surface area contributed by atoms with E-state index in [0.717, 1.165) is 28.0 Å².